The van der Waals surface area contributed by atoms with Crippen LogP contribution in [0.15, 0.2) is 36.5 Å². The van der Waals surface area contributed by atoms with Crippen molar-refractivity contribution in [2.75, 3.05) is 23.3 Å². The fourth-order valence-corrected chi connectivity index (χ4v) is 2.72. The first kappa shape index (κ1) is 20.7. The molecule has 7 heteroatoms. The third-order valence-electron chi connectivity index (χ3n) is 3.99. The average Bonchev–Trinajstić information content (AvgIpc) is 2.64. The summed E-state index contributed by atoms with van der Waals surface area (Å²) in [6.45, 7) is 9.55. The molecule has 0 aliphatic carbocycles. The Kier molecular flexibility index (Phi) is 7.19. The van der Waals surface area contributed by atoms with Crippen molar-refractivity contribution >= 4 is 34.9 Å². The average molecular weight is 389 g/mol. The summed E-state index contributed by atoms with van der Waals surface area (Å²) in [5.41, 5.74) is 1.23. The molecule has 0 spiro atoms. The van der Waals surface area contributed by atoms with E-state index in [4.69, 9.17) is 11.6 Å². The van der Waals surface area contributed by atoms with Crippen molar-refractivity contribution in [3.8, 4) is 0 Å². The van der Waals surface area contributed by atoms with Gasteiger partial charge in [0.1, 0.15) is 5.82 Å². The van der Waals surface area contributed by atoms with Crippen LogP contribution in [0, 0.1) is 0 Å². The smallest absolute Gasteiger partial charge is 0.257 e. The normalized spacial score (nSPS) is 10.6. The van der Waals surface area contributed by atoms with Gasteiger partial charge < -0.3 is 15.5 Å². The lowest BCUT2D eigenvalue weighted by Gasteiger charge is -2.19. The molecule has 2 amide bonds. The highest BCUT2D eigenvalue weighted by atomic mass is 35.5. The molecule has 0 unspecified atom stereocenters. The number of anilines is 2. The summed E-state index contributed by atoms with van der Waals surface area (Å²) in [7, 11) is 0. The molecular weight excluding hydrogens is 364 g/mol. The van der Waals surface area contributed by atoms with E-state index in [2.05, 4.69) is 34.4 Å². The summed E-state index contributed by atoms with van der Waals surface area (Å²) in [6, 6.07) is 8.33. The van der Waals surface area contributed by atoms with E-state index in [1.165, 1.54) is 6.20 Å². The minimum atomic E-state index is -0.336. The molecule has 0 radical (unpaired) electrons. The molecule has 1 aromatic carbocycles. The lowest BCUT2D eigenvalue weighted by molar-refractivity contribution is 0.0941. The third-order valence-corrected chi connectivity index (χ3v) is 4.32. The van der Waals surface area contributed by atoms with Crippen LogP contribution in [0.5, 0.6) is 0 Å². The molecule has 2 aromatic rings. The van der Waals surface area contributed by atoms with E-state index >= 15 is 0 Å². The number of rotatable bonds is 7. The first-order valence-corrected chi connectivity index (χ1v) is 9.36. The largest absolute Gasteiger partial charge is 0.357 e. The molecule has 2 rings (SSSR count). The van der Waals surface area contributed by atoms with E-state index in [9.17, 15) is 9.59 Å². The van der Waals surface area contributed by atoms with Gasteiger partial charge in [0.15, 0.2) is 0 Å². The number of pyridine rings is 1. The maximum absolute atomic E-state index is 12.5. The van der Waals surface area contributed by atoms with E-state index in [-0.39, 0.29) is 17.9 Å². The van der Waals surface area contributed by atoms with Gasteiger partial charge in [-0.15, -0.1) is 0 Å². The molecule has 1 heterocycles. The van der Waals surface area contributed by atoms with Crippen molar-refractivity contribution in [1.29, 1.82) is 0 Å². The van der Waals surface area contributed by atoms with Crippen LogP contribution in [0.2, 0.25) is 5.02 Å². The highest BCUT2D eigenvalue weighted by Gasteiger charge is 2.14. The molecule has 0 saturated heterocycles. The van der Waals surface area contributed by atoms with Crippen molar-refractivity contribution in [2.24, 2.45) is 0 Å². The summed E-state index contributed by atoms with van der Waals surface area (Å²) in [5, 5.41) is 5.91. The van der Waals surface area contributed by atoms with Crippen molar-refractivity contribution in [3.05, 3.63) is 52.7 Å². The van der Waals surface area contributed by atoms with Crippen LogP contribution >= 0.6 is 11.6 Å². The van der Waals surface area contributed by atoms with Crippen molar-refractivity contribution in [1.82, 2.24) is 10.3 Å². The fraction of sp³-hybridized carbons (Fsp3) is 0.350. The predicted molar refractivity (Wildman–Crippen MR) is 110 cm³/mol. The molecule has 6 nitrogen and oxygen atoms in total. The minimum Gasteiger partial charge on any atom is -0.357 e. The number of hydrogen-bond donors (Lipinski definition) is 2. The lowest BCUT2D eigenvalue weighted by Crippen LogP contribution is -2.30. The summed E-state index contributed by atoms with van der Waals surface area (Å²) in [6.07, 6.45) is 1.53. The molecule has 0 saturated carbocycles. The van der Waals surface area contributed by atoms with Gasteiger partial charge in [-0.1, -0.05) is 11.6 Å². The maximum Gasteiger partial charge on any atom is 0.257 e. The van der Waals surface area contributed by atoms with Gasteiger partial charge in [0, 0.05) is 30.9 Å². The monoisotopic (exact) mass is 388 g/mol. The topological polar surface area (TPSA) is 74.3 Å². The molecule has 144 valence electrons. The van der Waals surface area contributed by atoms with Gasteiger partial charge in [0.05, 0.1) is 16.3 Å². The van der Waals surface area contributed by atoms with Gasteiger partial charge in [-0.25, -0.2) is 4.98 Å². The second kappa shape index (κ2) is 9.37. The standard InChI is InChI=1S/C20H25ClN4O2/c1-5-25(6-2)18-10-8-15(12-22-18)20(27)24-17-11-14(7-9-16(17)21)19(26)23-13(3)4/h7-13H,5-6H2,1-4H3,(H,23,26)(H,24,27). The van der Waals surface area contributed by atoms with Gasteiger partial charge >= 0.3 is 0 Å². The third kappa shape index (κ3) is 5.44. The van der Waals surface area contributed by atoms with Crippen LogP contribution in [-0.2, 0) is 0 Å². The SMILES string of the molecule is CCN(CC)c1ccc(C(=O)Nc2cc(C(=O)NC(C)C)ccc2Cl)cn1. The zero-order chi connectivity index (χ0) is 20.0. The Labute approximate surface area is 164 Å². The second-order valence-electron chi connectivity index (χ2n) is 6.35. The number of benzene rings is 1. The Morgan fingerprint density at radius 1 is 1.07 bits per heavy atom. The van der Waals surface area contributed by atoms with Crippen LogP contribution in [0.4, 0.5) is 11.5 Å². The Morgan fingerprint density at radius 3 is 2.30 bits per heavy atom. The Balaban J connectivity index is 2.16. The summed E-state index contributed by atoms with van der Waals surface area (Å²) >= 11 is 6.17. The van der Waals surface area contributed by atoms with Gasteiger partial charge in [0.2, 0.25) is 0 Å². The Morgan fingerprint density at radius 2 is 1.74 bits per heavy atom. The quantitative estimate of drug-likeness (QED) is 0.752. The van der Waals surface area contributed by atoms with Crippen molar-refractivity contribution in [2.45, 2.75) is 33.7 Å². The number of hydrogen-bond acceptors (Lipinski definition) is 4. The van der Waals surface area contributed by atoms with Gasteiger partial charge in [0.25, 0.3) is 11.8 Å². The van der Waals surface area contributed by atoms with Crippen LogP contribution < -0.4 is 15.5 Å². The number of amides is 2. The zero-order valence-electron chi connectivity index (χ0n) is 16.0. The Hall–Kier alpha value is -2.60. The van der Waals surface area contributed by atoms with Crippen LogP contribution in [0.25, 0.3) is 0 Å². The highest BCUT2D eigenvalue weighted by Crippen LogP contribution is 2.24. The number of carbonyl (C=O) groups is 2. The number of nitrogens with zero attached hydrogens (tertiary/aromatic N) is 2. The van der Waals surface area contributed by atoms with Gasteiger partial charge in [-0.05, 0) is 58.0 Å². The number of halogens is 1. The molecule has 2 N–H and O–H groups in total. The van der Waals surface area contributed by atoms with E-state index in [0.717, 1.165) is 18.9 Å². The molecule has 0 aliphatic heterocycles. The first-order chi connectivity index (χ1) is 12.8. The zero-order valence-corrected chi connectivity index (χ0v) is 16.8. The van der Waals surface area contributed by atoms with Crippen LogP contribution in [0.3, 0.4) is 0 Å². The van der Waals surface area contributed by atoms with Crippen LogP contribution in [0.1, 0.15) is 48.4 Å². The minimum absolute atomic E-state index is 0.0154. The second-order valence-corrected chi connectivity index (χ2v) is 6.76. The molecule has 27 heavy (non-hydrogen) atoms. The van der Waals surface area contributed by atoms with Crippen molar-refractivity contribution < 1.29 is 9.59 Å². The molecular formula is C20H25ClN4O2. The van der Waals surface area contributed by atoms with E-state index in [0.29, 0.717) is 21.8 Å². The van der Waals surface area contributed by atoms with Crippen molar-refractivity contribution in [3.63, 3.8) is 0 Å². The molecule has 0 fully saturated rings. The number of carbonyl (C=O) groups excluding carboxylic acids is 2. The molecule has 1 aromatic heterocycles. The van der Waals surface area contributed by atoms with E-state index < -0.39 is 0 Å². The molecule has 0 bridgehead atoms. The summed E-state index contributed by atoms with van der Waals surface area (Å²) in [5.74, 6) is 0.265. The van der Waals surface area contributed by atoms with E-state index in [1.807, 2.05) is 19.9 Å². The summed E-state index contributed by atoms with van der Waals surface area (Å²) < 4.78 is 0. The summed E-state index contributed by atoms with van der Waals surface area (Å²) in [4.78, 5) is 31.1. The Bertz CT molecular complexity index is 802. The fourth-order valence-electron chi connectivity index (χ4n) is 2.56. The van der Waals surface area contributed by atoms with Crippen LogP contribution in [-0.4, -0.2) is 35.9 Å². The van der Waals surface area contributed by atoms with E-state index in [1.54, 1.807) is 24.3 Å². The lowest BCUT2D eigenvalue weighted by atomic mass is 10.1. The number of nitrogens with one attached hydrogen (secondary N) is 2. The number of aromatic nitrogens is 1. The molecule has 0 aliphatic rings. The maximum atomic E-state index is 12.5. The highest BCUT2D eigenvalue weighted by molar-refractivity contribution is 6.34. The predicted octanol–water partition coefficient (Wildman–Crippen LogP) is 3.97. The first-order valence-electron chi connectivity index (χ1n) is 8.98. The molecule has 0 atom stereocenters. The van der Waals surface area contributed by atoms with Gasteiger partial charge in [-0.3, -0.25) is 9.59 Å². The van der Waals surface area contributed by atoms with Gasteiger partial charge in [-0.2, -0.15) is 0 Å².